The Morgan fingerprint density at radius 1 is 1.45 bits per heavy atom. The van der Waals surface area contributed by atoms with Crippen LogP contribution < -0.4 is 0 Å². The van der Waals surface area contributed by atoms with E-state index >= 15 is 0 Å². The number of aliphatic carboxylic acids is 1. The van der Waals surface area contributed by atoms with Gasteiger partial charge in [0, 0.05) is 7.11 Å². The Bertz CT molecular complexity index is 153. The molecule has 1 N–H and O–H groups in total. The zero-order valence-electron chi connectivity index (χ0n) is 6.36. The van der Waals surface area contributed by atoms with Crippen molar-refractivity contribution in [1.82, 2.24) is 0 Å². The lowest BCUT2D eigenvalue weighted by molar-refractivity contribution is -0.157. The van der Waals surface area contributed by atoms with Crippen molar-refractivity contribution >= 4 is 11.9 Å². The molecule has 0 saturated heterocycles. The molecule has 0 aromatic heterocycles. The molecular weight excluding hydrogens is 152 g/mol. The molecule has 0 fully saturated rings. The Hall–Kier alpha value is -1.10. The standard InChI is InChI=1S/C6H10O5/c1-10-4(3-5(7)8)6(9)11-2/h4H,3H2,1-2H3,(H,7,8)/t4-/m1/s1. The predicted octanol–water partition coefficient (Wildman–Crippen LogP) is -0.351. The van der Waals surface area contributed by atoms with E-state index in [1.807, 2.05) is 0 Å². The molecular formula is C6H10O5. The number of rotatable bonds is 4. The third-order valence-corrected chi connectivity index (χ3v) is 1.11. The van der Waals surface area contributed by atoms with Crippen molar-refractivity contribution in [2.45, 2.75) is 12.5 Å². The summed E-state index contributed by atoms with van der Waals surface area (Å²) in [7, 11) is 2.43. The maximum Gasteiger partial charge on any atom is 0.335 e. The van der Waals surface area contributed by atoms with Crippen LogP contribution in [0.1, 0.15) is 6.42 Å². The van der Waals surface area contributed by atoms with Gasteiger partial charge in [-0.15, -0.1) is 0 Å². The Balaban J connectivity index is 3.94. The van der Waals surface area contributed by atoms with Crippen molar-refractivity contribution in [3.05, 3.63) is 0 Å². The number of ether oxygens (including phenoxy) is 2. The molecule has 0 aromatic rings. The summed E-state index contributed by atoms with van der Waals surface area (Å²) in [6.07, 6.45) is -1.37. The van der Waals surface area contributed by atoms with Gasteiger partial charge >= 0.3 is 11.9 Å². The quantitative estimate of drug-likeness (QED) is 0.572. The highest BCUT2D eigenvalue weighted by atomic mass is 16.6. The minimum atomic E-state index is -1.10. The zero-order valence-corrected chi connectivity index (χ0v) is 6.36. The minimum Gasteiger partial charge on any atom is -0.481 e. The SMILES string of the molecule is COC(=O)[C@@H](CC(=O)O)OC. The third kappa shape index (κ3) is 3.57. The van der Waals surface area contributed by atoms with Crippen LogP contribution in [0.15, 0.2) is 0 Å². The summed E-state index contributed by atoms with van der Waals surface area (Å²) >= 11 is 0. The van der Waals surface area contributed by atoms with Gasteiger partial charge in [-0.2, -0.15) is 0 Å². The summed E-state index contributed by atoms with van der Waals surface area (Å²) in [6, 6.07) is 0. The van der Waals surface area contributed by atoms with Gasteiger partial charge in [0.25, 0.3) is 0 Å². The Labute approximate surface area is 63.9 Å². The highest BCUT2D eigenvalue weighted by Gasteiger charge is 2.21. The number of methoxy groups -OCH3 is 2. The number of carbonyl (C=O) groups excluding carboxylic acids is 1. The molecule has 0 aliphatic rings. The Morgan fingerprint density at radius 3 is 2.27 bits per heavy atom. The van der Waals surface area contributed by atoms with Crippen LogP contribution in [0.2, 0.25) is 0 Å². The van der Waals surface area contributed by atoms with E-state index in [-0.39, 0.29) is 6.42 Å². The van der Waals surface area contributed by atoms with Crippen LogP contribution in [-0.4, -0.2) is 37.4 Å². The normalized spacial score (nSPS) is 12.2. The van der Waals surface area contributed by atoms with Crippen molar-refractivity contribution < 1.29 is 24.2 Å². The number of carbonyl (C=O) groups is 2. The number of carboxylic acids is 1. The smallest absolute Gasteiger partial charge is 0.335 e. The van der Waals surface area contributed by atoms with Crippen molar-refractivity contribution in [3.8, 4) is 0 Å². The van der Waals surface area contributed by atoms with E-state index in [1.165, 1.54) is 14.2 Å². The zero-order chi connectivity index (χ0) is 8.85. The lowest BCUT2D eigenvalue weighted by Crippen LogP contribution is -2.27. The third-order valence-electron chi connectivity index (χ3n) is 1.11. The summed E-state index contributed by atoms with van der Waals surface area (Å²) in [5.74, 6) is -1.77. The first-order valence-electron chi connectivity index (χ1n) is 2.94. The van der Waals surface area contributed by atoms with E-state index in [0.29, 0.717) is 0 Å². The molecule has 0 unspecified atom stereocenters. The van der Waals surface area contributed by atoms with Gasteiger partial charge in [-0.3, -0.25) is 4.79 Å². The summed E-state index contributed by atoms with van der Waals surface area (Å²) in [6.45, 7) is 0. The lowest BCUT2D eigenvalue weighted by atomic mass is 10.2. The van der Waals surface area contributed by atoms with E-state index in [2.05, 4.69) is 9.47 Å². The number of carboxylic acid groups (broad SMARTS) is 1. The van der Waals surface area contributed by atoms with E-state index < -0.39 is 18.0 Å². The number of hydrogen-bond donors (Lipinski definition) is 1. The molecule has 0 rings (SSSR count). The average Bonchev–Trinajstić information content (AvgIpc) is 1.98. The van der Waals surface area contributed by atoms with Crippen LogP contribution in [-0.2, 0) is 19.1 Å². The molecule has 5 nitrogen and oxygen atoms in total. The summed E-state index contributed by atoms with van der Waals surface area (Å²) in [5.41, 5.74) is 0. The van der Waals surface area contributed by atoms with Crippen LogP contribution in [0.5, 0.6) is 0 Å². The molecule has 0 bridgehead atoms. The maximum atomic E-state index is 10.7. The predicted molar refractivity (Wildman–Crippen MR) is 35.1 cm³/mol. The molecule has 5 heteroatoms. The second-order valence-corrected chi connectivity index (χ2v) is 1.85. The van der Waals surface area contributed by atoms with E-state index in [0.717, 1.165) is 0 Å². The summed E-state index contributed by atoms with van der Waals surface area (Å²) in [4.78, 5) is 20.8. The van der Waals surface area contributed by atoms with E-state index in [1.54, 1.807) is 0 Å². The monoisotopic (exact) mass is 162 g/mol. The van der Waals surface area contributed by atoms with Gasteiger partial charge in [0.2, 0.25) is 0 Å². The van der Waals surface area contributed by atoms with Crippen molar-refractivity contribution in [2.24, 2.45) is 0 Å². The first kappa shape index (κ1) is 9.90. The van der Waals surface area contributed by atoms with Gasteiger partial charge in [0.05, 0.1) is 13.5 Å². The average molecular weight is 162 g/mol. The second kappa shape index (κ2) is 4.68. The molecule has 0 saturated carbocycles. The fourth-order valence-electron chi connectivity index (χ4n) is 0.553. The summed E-state index contributed by atoms with van der Waals surface area (Å²) in [5, 5.41) is 8.27. The van der Waals surface area contributed by atoms with Crippen molar-refractivity contribution in [2.75, 3.05) is 14.2 Å². The molecule has 0 aliphatic carbocycles. The fraction of sp³-hybridized carbons (Fsp3) is 0.667. The lowest BCUT2D eigenvalue weighted by Gasteiger charge is -2.08. The molecule has 0 amide bonds. The largest absolute Gasteiger partial charge is 0.481 e. The minimum absolute atomic E-state index is 0.372. The highest BCUT2D eigenvalue weighted by Crippen LogP contribution is 1.98. The highest BCUT2D eigenvalue weighted by molar-refractivity contribution is 5.80. The molecule has 0 aromatic carbocycles. The Morgan fingerprint density at radius 2 is 2.00 bits per heavy atom. The van der Waals surface area contributed by atoms with Crippen LogP contribution in [0.3, 0.4) is 0 Å². The molecule has 11 heavy (non-hydrogen) atoms. The van der Waals surface area contributed by atoms with E-state index in [4.69, 9.17) is 5.11 Å². The maximum absolute atomic E-state index is 10.7. The van der Waals surface area contributed by atoms with Gasteiger partial charge in [-0.1, -0.05) is 0 Å². The van der Waals surface area contributed by atoms with Crippen LogP contribution in [0, 0.1) is 0 Å². The topological polar surface area (TPSA) is 72.8 Å². The van der Waals surface area contributed by atoms with Gasteiger partial charge in [0.1, 0.15) is 0 Å². The van der Waals surface area contributed by atoms with Gasteiger partial charge in [-0.05, 0) is 0 Å². The molecule has 0 heterocycles. The number of hydrogen-bond acceptors (Lipinski definition) is 4. The first-order valence-corrected chi connectivity index (χ1v) is 2.94. The second-order valence-electron chi connectivity index (χ2n) is 1.85. The van der Waals surface area contributed by atoms with Crippen LogP contribution in [0.25, 0.3) is 0 Å². The number of esters is 1. The molecule has 1 atom stereocenters. The Kier molecular flexibility index (Phi) is 4.21. The molecule has 0 spiro atoms. The molecule has 0 aliphatic heterocycles. The van der Waals surface area contributed by atoms with Crippen molar-refractivity contribution in [3.63, 3.8) is 0 Å². The van der Waals surface area contributed by atoms with Crippen molar-refractivity contribution in [1.29, 1.82) is 0 Å². The molecule has 0 radical (unpaired) electrons. The molecule has 64 valence electrons. The fourth-order valence-corrected chi connectivity index (χ4v) is 0.553. The van der Waals surface area contributed by atoms with Gasteiger partial charge < -0.3 is 14.6 Å². The van der Waals surface area contributed by atoms with Crippen LogP contribution >= 0.6 is 0 Å². The first-order chi connectivity index (χ1) is 5.11. The summed E-state index contributed by atoms with van der Waals surface area (Å²) < 4.78 is 8.84. The van der Waals surface area contributed by atoms with E-state index in [9.17, 15) is 9.59 Å². The van der Waals surface area contributed by atoms with Gasteiger partial charge in [-0.25, -0.2) is 4.79 Å². The van der Waals surface area contributed by atoms with Gasteiger partial charge in [0.15, 0.2) is 6.10 Å². The van der Waals surface area contributed by atoms with Crippen LogP contribution in [0.4, 0.5) is 0 Å².